The first-order valence-corrected chi connectivity index (χ1v) is 6.47. The first kappa shape index (κ1) is 13.1. The highest BCUT2D eigenvalue weighted by atomic mass is 79.9. The summed E-state index contributed by atoms with van der Waals surface area (Å²) in [4.78, 5) is 0. The van der Waals surface area contributed by atoms with Crippen molar-refractivity contribution in [2.75, 3.05) is 7.11 Å². The zero-order chi connectivity index (χ0) is 13.1. The zero-order valence-electron chi connectivity index (χ0n) is 10.4. The fourth-order valence-electron chi connectivity index (χ4n) is 2.04. The molecule has 1 atom stereocenters. The molecule has 4 nitrogen and oxygen atoms in total. The maximum atomic E-state index is 6.25. The highest BCUT2D eigenvalue weighted by molar-refractivity contribution is 9.10. The zero-order valence-corrected chi connectivity index (χ0v) is 12.0. The van der Waals surface area contributed by atoms with Gasteiger partial charge in [-0.25, -0.2) is 0 Å². The molecule has 0 aliphatic heterocycles. The Hall–Kier alpha value is -1.33. The van der Waals surface area contributed by atoms with E-state index in [1.54, 1.807) is 18.0 Å². The SMILES string of the molecule is COc1ccccc1CC(N)c1c(Br)cnn1C. The summed E-state index contributed by atoms with van der Waals surface area (Å²) in [6.07, 6.45) is 2.47. The minimum absolute atomic E-state index is 0.122. The van der Waals surface area contributed by atoms with Crippen molar-refractivity contribution in [3.63, 3.8) is 0 Å². The Labute approximate surface area is 115 Å². The number of ether oxygens (including phenoxy) is 1. The summed E-state index contributed by atoms with van der Waals surface area (Å²) in [5.74, 6) is 0.867. The van der Waals surface area contributed by atoms with Crippen molar-refractivity contribution in [1.29, 1.82) is 0 Å². The lowest BCUT2D eigenvalue weighted by atomic mass is 10.0. The molecule has 1 unspecified atom stereocenters. The predicted octanol–water partition coefficient (Wildman–Crippen LogP) is 2.43. The molecule has 0 aliphatic rings. The van der Waals surface area contributed by atoms with Crippen LogP contribution in [0.15, 0.2) is 34.9 Å². The lowest BCUT2D eigenvalue weighted by Crippen LogP contribution is -2.18. The number of para-hydroxylation sites is 1. The van der Waals surface area contributed by atoms with E-state index >= 15 is 0 Å². The molecule has 0 saturated heterocycles. The van der Waals surface area contributed by atoms with Crippen molar-refractivity contribution < 1.29 is 4.74 Å². The van der Waals surface area contributed by atoms with Gasteiger partial charge in [0.1, 0.15) is 5.75 Å². The van der Waals surface area contributed by atoms with E-state index in [9.17, 15) is 0 Å². The van der Waals surface area contributed by atoms with Gasteiger partial charge in [-0.2, -0.15) is 5.10 Å². The molecule has 5 heteroatoms. The molecule has 1 aromatic heterocycles. The summed E-state index contributed by atoms with van der Waals surface area (Å²) in [6, 6.07) is 7.79. The van der Waals surface area contributed by atoms with E-state index in [4.69, 9.17) is 10.5 Å². The van der Waals surface area contributed by atoms with Crippen LogP contribution in [0, 0.1) is 0 Å². The van der Waals surface area contributed by atoms with Crippen LogP contribution in [0.5, 0.6) is 5.75 Å². The van der Waals surface area contributed by atoms with E-state index in [1.807, 2.05) is 31.3 Å². The molecule has 0 saturated carbocycles. The number of rotatable bonds is 4. The van der Waals surface area contributed by atoms with E-state index in [0.29, 0.717) is 6.42 Å². The van der Waals surface area contributed by atoms with Gasteiger partial charge in [-0.1, -0.05) is 18.2 Å². The molecule has 0 spiro atoms. The summed E-state index contributed by atoms with van der Waals surface area (Å²) >= 11 is 3.47. The van der Waals surface area contributed by atoms with E-state index in [-0.39, 0.29) is 6.04 Å². The molecule has 0 bridgehead atoms. The number of nitrogens with zero attached hydrogens (tertiary/aromatic N) is 2. The first-order chi connectivity index (χ1) is 8.63. The van der Waals surface area contributed by atoms with Crippen molar-refractivity contribution in [1.82, 2.24) is 9.78 Å². The number of halogens is 1. The van der Waals surface area contributed by atoms with E-state index in [0.717, 1.165) is 21.5 Å². The smallest absolute Gasteiger partial charge is 0.122 e. The normalized spacial score (nSPS) is 12.4. The van der Waals surface area contributed by atoms with E-state index in [1.165, 1.54) is 0 Å². The van der Waals surface area contributed by atoms with Crippen LogP contribution in [0.4, 0.5) is 0 Å². The van der Waals surface area contributed by atoms with Gasteiger partial charge < -0.3 is 10.5 Å². The highest BCUT2D eigenvalue weighted by Crippen LogP contribution is 2.27. The van der Waals surface area contributed by atoms with Gasteiger partial charge in [0.15, 0.2) is 0 Å². The van der Waals surface area contributed by atoms with Crippen LogP contribution in [0.3, 0.4) is 0 Å². The molecule has 2 N–H and O–H groups in total. The summed E-state index contributed by atoms with van der Waals surface area (Å²) in [5.41, 5.74) is 8.34. The van der Waals surface area contributed by atoms with Crippen molar-refractivity contribution in [2.45, 2.75) is 12.5 Å². The third-order valence-corrected chi connectivity index (χ3v) is 3.53. The fourth-order valence-corrected chi connectivity index (χ4v) is 2.68. The Morgan fingerprint density at radius 3 is 2.78 bits per heavy atom. The minimum Gasteiger partial charge on any atom is -0.496 e. The number of hydrogen-bond donors (Lipinski definition) is 1. The Morgan fingerprint density at radius 2 is 2.17 bits per heavy atom. The van der Waals surface area contributed by atoms with Crippen LogP contribution in [-0.4, -0.2) is 16.9 Å². The number of aromatic nitrogens is 2. The van der Waals surface area contributed by atoms with Gasteiger partial charge in [0, 0.05) is 7.05 Å². The molecular weight excluding hydrogens is 294 g/mol. The molecule has 0 fully saturated rings. The predicted molar refractivity (Wildman–Crippen MR) is 74.5 cm³/mol. The molecule has 2 rings (SSSR count). The van der Waals surface area contributed by atoms with E-state index < -0.39 is 0 Å². The lowest BCUT2D eigenvalue weighted by molar-refractivity contribution is 0.407. The molecule has 1 heterocycles. The quantitative estimate of drug-likeness (QED) is 0.943. The van der Waals surface area contributed by atoms with Crippen LogP contribution >= 0.6 is 15.9 Å². The maximum absolute atomic E-state index is 6.25. The van der Waals surface area contributed by atoms with Gasteiger partial charge in [0.05, 0.1) is 29.5 Å². The van der Waals surface area contributed by atoms with Gasteiger partial charge in [0.2, 0.25) is 0 Å². The Bertz CT molecular complexity index is 519. The average Bonchev–Trinajstić information content (AvgIpc) is 2.69. The van der Waals surface area contributed by atoms with Gasteiger partial charge in [-0.05, 0) is 34.0 Å². The number of aryl methyl sites for hydroxylation is 1. The first-order valence-electron chi connectivity index (χ1n) is 5.68. The third-order valence-electron chi connectivity index (χ3n) is 2.92. The molecule has 0 radical (unpaired) electrons. The van der Waals surface area contributed by atoms with Crippen LogP contribution in [0.1, 0.15) is 17.3 Å². The van der Waals surface area contributed by atoms with Gasteiger partial charge in [-0.3, -0.25) is 4.68 Å². The molecule has 0 amide bonds. The standard InChI is InChI=1S/C13H16BrN3O/c1-17-13(10(14)8-16-17)11(15)7-9-5-3-4-6-12(9)18-2/h3-6,8,11H,7,15H2,1-2H3. The second-order valence-corrected chi connectivity index (χ2v) is 4.98. The van der Waals surface area contributed by atoms with Gasteiger partial charge >= 0.3 is 0 Å². The number of nitrogens with two attached hydrogens (primary N) is 1. The second-order valence-electron chi connectivity index (χ2n) is 4.12. The number of hydrogen-bond acceptors (Lipinski definition) is 3. The average molecular weight is 310 g/mol. The molecule has 2 aromatic rings. The van der Waals surface area contributed by atoms with Crippen molar-refractivity contribution in [2.24, 2.45) is 12.8 Å². The Kier molecular flexibility index (Phi) is 4.04. The molecule has 0 aliphatic carbocycles. The van der Waals surface area contributed by atoms with Crippen molar-refractivity contribution in [3.8, 4) is 5.75 Å². The number of benzene rings is 1. The number of methoxy groups -OCH3 is 1. The van der Waals surface area contributed by atoms with Crippen LogP contribution in [-0.2, 0) is 13.5 Å². The van der Waals surface area contributed by atoms with Gasteiger partial charge in [0.25, 0.3) is 0 Å². The maximum Gasteiger partial charge on any atom is 0.122 e. The summed E-state index contributed by atoms with van der Waals surface area (Å²) in [5, 5.41) is 4.18. The minimum atomic E-state index is -0.122. The van der Waals surface area contributed by atoms with E-state index in [2.05, 4.69) is 21.0 Å². The lowest BCUT2D eigenvalue weighted by Gasteiger charge is -2.15. The molecule has 96 valence electrons. The summed E-state index contributed by atoms with van der Waals surface area (Å²) in [7, 11) is 3.56. The summed E-state index contributed by atoms with van der Waals surface area (Å²) in [6.45, 7) is 0. The third kappa shape index (κ3) is 2.57. The fraction of sp³-hybridized carbons (Fsp3) is 0.308. The monoisotopic (exact) mass is 309 g/mol. The molecular formula is C13H16BrN3O. The van der Waals surface area contributed by atoms with Crippen molar-refractivity contribution in [3.05, 3.63) is 46.2 Å². The largest absolute Gasteiger partial charge is 0.496 e. The van der Waals surface area contributed by atoms with Crippen LogP contribution in [0.2, 0.25) is 0 Å². The summed E-state index contributed by atoms with van der Waals surface area (Å²) < 4.78 is 8.07. The molecule has 1 aromatic carbocycles. The van der Waals surface area contributed by atoms with Crippen molar-refractivity contribution >= 4 is 15.9 Å². The Morgan fingerprint density at radius 1 is 1.44 bits per heavy atom. The topological polar surface area (TPSA) is 53.1 Å². The van der Waals surface area contributed by atoms with Crippen LogP contribution in [0.25, 0.3) is 0 Å². The highest BCUT2D eigenvalue weighted by Gasteiger charge is 2.16. The molecule has 18 heavy (non-hydrogen) atoms. The Balaban J connectivity index is 2.24. The van der Waals surface area contributed by atoms with Gasteiger partial charge in [-0.15, -0.1) is 0 Å². The second kappa shape index (κ2) is 5.54. The van der Waals surface area contributed by atoms with Crippen LogP contribution < -0.4 is 10.5 Å².